The van der Waals surface area contributed by atoms with Crippen LogP contribution >= 0.6 is 11.8 Å². The first-order chi connectivity index (χ1) is 9.88. The normalized spacial score (nSPS) is 11.7. The van der Waals surface area contributed by atoms with Gasteiger partial charge in [0.2, 0.25) is 11.8 Å². The molecule has 4 N–H and O–H groups in total. The van der Waals surface area contributed by atoms with Crippen LogP contribution in [0.5, 0.6) is 0 Å². The van der Waals surface area contributed by atoms with Crippen molar-refractivity contribution in [3.63, 3.8) is 0 Å². The lowest BCUT2D eigenvalue weighted by Crippen LogP contribution is -2.43. The molecule has 7 heteroatoms. The molecular weight excluding hydrogens is 292 g/mol. The Bertz CT molecular complexity index is 516. The fourth-order valence-electron chi connectivity index (χ4n) is 1.56. The number of thioether (sulfide) groups is 1. The molecule has 0 aliphatic rings. The summed E-state index contributed by atoms with van der Waals surface area (Å²) in [6, 6.07) is 6.63. The van der Waals surface area contributed by atoms with Gasteiger partial charge in [-0.1, -0.05) is 17.7 Å². The molecular formula is C14H18N2O4S. The van der Waals surface area contributed by atoms with Crippen molar-refractivity contribution in [2.24, 2.45) is 5.73 Å². The number of nitrogens with two attached hydrogens (primary N) is 1. The smallest absolute Gasteiger partial charge is 0.326 e. The minimum Gasteiger partial charge on any atom is -0.480 e. The quantitative estimate of drug-likeness (QED) is 0.619. The lowest BCUT2D eigenvalue weighted by molar-refractivity contribution is -0.143. The molecule has 1 rings (SSSR count). The number of rotatable bonds is 8. The van der Waals surface area contributed by atoms with Crippen molar-refractivity contribution in [1.29, 1.82) is 0 Å². The molecule has 0 heterocycles. The zero-order chi connectivity index (χ0) is 15.8. The molecule has 0 bridgehead atoms. The number of carboxylic acid groups (broad SMARTS) is 1. The zero-order valence-corrected chi connectivity index (χ0v) is 12.5. The number of carbonyl (C=O) groups is 3. The van der Waals surface area contributed by atoms with Crippen LogP contribution in [0, 0.1) is 6.92 Å². The summed E-state index contributed by atoms with van der Waals surface area (Å²) in [4.78, 5) is 34.3. The maximum atomic E-state index is 11.6. The highest BCUT2D eigenvalue weighted by molar-refractivity contribution is 7.99. The minimum atomic E-state index is -1.27. The third-order valence-electron chi connectivity index (χ3n) is 2.66. The van der Waals surface area contributed by atoms with Gasteiger partial charge >= 0.3 is 5.97 Å². The van der Waals surface area contributed by atoms with Crippen LogP contribution < -0.4 is 11.1 Å². The van der Waals surface area contributed by atoms with E-state index in [1.54, 1.807) is 0 Å². The molecule has 0 aliphatic heterocycles. The SMILES string of the molecule is Cc1ccc(SCCC(=O)N[C@H](CC(N)=O)C(=O)O)cc1. The Morgan fingerprint density at radius 1 is 1.29 bits per heavy atom. The lowest BCUT2D eigenvalue weighted by Gasteiger charge is -2.12. The van der Waals surface area contributed by atoms with Gasteiger partial charge in [0.25, 0.3) is 0 Å². The molecule has 0 saturated carbocycles. The van der Waals surface area contributed by atoms with Gasteiger partial charge in [0.1, 0.15) is 6.04 Å². The molecule has 0 spiro atoms. The average Bonchev–Trinajstić information content (AvgIpc) is 2.39. The van der Waals surface area contributed by atoms with Gasteiger partial charge < -0.3 is 16.2 Å². The molecule has 0 aliphatic carbocycles. The molecule has 1 aromatic carbocycles. The van der Waals surface area contributed by atoms with Gasteiger partial charge in [-0.25, -0.2) is 4.79 Å². The Hall–Kier alpha value is -2.02. The van der Waals surface area contributed by atoms with E-state index in [2.05, 4.69) is 5.32 Å². The Labute approximate surface area is 127 Å². The molecule has 0 saturated heterocycles. The topological polar surface area (TPSA) is 109 Å². The monoisotopic (exact) mass is 310 g/mol. The van der Waals surface area contributed by atoms with Crippen molar-refractivity contribution in [2.75, 3.05) is 5.75 Å². The molecule has 2 amide bonds. The van der Waals surface area contributed by atoms with Crippen molar-refractivity contribution in [2.45, 2.75) is 30.7 Å². The van der Waals surface area contributed by atoms with Crippen molar-refractivity contribution in [3.05, 3.63) is 29.8 Å². The average molecular weight is 310 g/mol. The van der Waals surface area contributed by atoms with Gasteiger partial charge in [-0.15, -0.1) is 11.8 Å². The van der Waals surface area contributed by atoms with Gasteiger partial charge in [-0.05, 0) is 19.1 Å². The van der Waals surface area contributed by atoms with Crippen molar-refractivity contribution in [3.8, 4) is 0 Å². The molecule has 114 valence electrons. The third kappa shape index (κ3) is 6.80. The van der Waals surface area contributed by atoms with Gasteiger partial charge in [-0.3, -0.25) is 9.59 Å². The predicted octanol–water partition coefficient (Wildman–Crippen LogP) is 0.922. The summed E-state index contributed by atoms with van der Waals surface area (Å²) < 4.78 is 0. The summed E-state index contributed by atoms with van der Waals surface area (Å²) in [6.07, 6.45) is -0.243. The van der Waals surface area contributed by atoms with E-state index in [-0.39, 0.29) is 6.42 Å². The fourth-order valence-corrected chi connectivity index (χ4v) is 2.42. The number of aryl methyl sites for hydroxylation is 1. The molecule has 0 radical (unpaired) electrons. The summed E-state index contributed by atoms with van der Waals surface area (Å²) in [7, 11) is 0. The second kappa shape index (κ2) is 8.31. The summed E-state index contributed by atoms with van der Waals surface area (Å²) in [5.74, 6) is -1.93. The van der Waals surface area contributed by atoms with Gasteiger partial charge in [-0.2, -0.15) is 0 Å². The van der Waals surface area contributed by atoms with Crippen LogP contribution in [0.3, 0.4) is 0 Å². The number of amides is 2. The van der Waals surface area contributed by atoms with Crippen LogP contribution in [-0.4, -0.2) is 34.7 Å². The van der Waals surface area contributed by atoms with Gasteiger partial charge in [0.15, 0.2) is 0 Å². The molecule has 1 atom stereocenters. The second-order valence-corrected chi connectivity index (χ2v) is 5.71. The first kappa shape index (κ1) is 17.0. The second-order valence-electron chi connectivity index (χ2n) is 4.54. The Morgan fingerprint density at radius 3 is 2.43 bits per heavy atom. The number of aliphatic carboxylic acids is 1. The number of carboxylic acids is 1. The summed E-state index contributed by atoms with van der Waals surface area (Å²) in [5.41, 5.74) is 6.10. The van der Waals surface area contributed by atoms with Crippen molar-refractivity contribution in [1.82, 2.24) is 5.32 Å². The van der Waals surface area contributed by atoms with Crippen LogP contribution in [0.4, 0.5) is 0 Å². The first-order valence-electron chi connectivity index (χ1n) is 6.38. The van der Waals surface area contributed by atoms with Crippen LogP contribution in [0.2, 0.25) is 0 Å². The zero-order valence-electron chi connectivity index (χ0n) is 11.7. The van der Waals surface area contributed by atoms with Crippen LogP contribution in [0.15, 0.2) is 29.2 Å². The number of benzene rings is 1. The van der Waals surface area contributed by atoms with Crippen molar-refractivity contribution < 1.29 is 19.5 Å². The maximum Gasteiger partial charge on any atom is 0.326 e. The number of carbonyl (C=O) groups excluding carboxylic acids is 2. The third-order valence-corrected chi connectivity index (χ3v) is 3.67. The minimum absolute atomic E-state index is 0.168. The number of hydrogen-bond acceptors (Lipinski definition) is 4. The summed E-state index contributed by atoms with van der Waals surface area (Å²) in [5, 5.41) is 11.2. The molecule has 1 aromatic rings. The van der Waals surface area contributed by atoms with E-state index in [9.17, 15) is 14.4 Å². The van der Waals surface area contributed by atoms with Crippen LogP contribution in [-0.2, 0) is 14.4 Å². The van der Waals surface area contributed by atoms with E-state index in [1.807, 2.05) is 31.2 Å². The van der Waals surface area contributed by atoms with Crippen molar-refractivity contribution >= 4 is 29.5 Å². The Morgan fingerprint density at radius 2 is 1.90 bits per heavy atom. The largest absolute Gasteiger partial charge is 0.480 e. The van der Waals surface area contributed by atoms with Gasteiger partial charge in [0.05, 0.1) is 6.42 Å². The van der Waals surface area contributed by atoms with E-state index < -0.39 is 30.2 Å². The number of nitrogens with one attached hydrogen (secondary N) is 1. The number of hydrogen-bond donors (Lipinski definition) is 3. The Kier molecular flexibility index (Phi) is 6.74. The highest BCUT2D eigenvalue weighted by Gasteiger charge is 2.21. The maximum absolute atomic E-state index is 11.6. The van der Waals surface area contributed by atoms with Crippen LogP contribution in [0.25, 0.3) is 0 Å². The van der Waals surface area contributed by atoms with E-state index >= 15 is 0 Å². The number of primary amides is 1. The highest BCUT2D eigenvalue weighted by atomic mass is 32.2. The summed E-state index contributed by atoms with van der Waals surface area (Å²) in [6.45, 7) is 1.99. The van der Waals surface area contributed by atoms with Crippen LogP contribution in [0.1, 0.15) is 18.4 Å². The summed E-state index contributed by atoms with van der Waals surface area (Å²) >= 11 is 1.51. The van der Waals surface area contributed by atoms with E-state index in [4.69, 9.17) is 10.8 Å². The standard InChI is InChI=1S/C14H18N2O4S/c1-9-2-4-10(5-3-9)21-7-6-13(18)16-11(14(19)20)8-12(15)17/h2-5,11H,6-8H2,1H3,(H2,15,17)(H,16,18)(H,19,20)/t11-/m1/s1. The highest BCUT2D eigenvalue weighted by Crippen LogP contribution is 2.18. The molecule has 0 fully saturated rings. The molecule has 6 nitrogen and oxygen atoms in total. The molecule has 0 unspecified atom stereocenters. The van der Waals surface area contributed by atoms with E-state index in [0.717, 1.165) is 10.5 Å². The Balaban J connectivity index is 2.37. The molecule has 0 aromatic heterocycles. The van der Waals surface area contributed by atoms with E-state index in [0.29, 0.717) is 5.75 Å². The fraction of sp³-hybridized carbons (Fsp3) is 0.357. The lowest BCUT2D eigenvalue weighted by atomic mass is 10.2. The predicted molar refractivity (Wildman–Crippen MR) is 79.9 cm³/mol. The first-order valence-corrected chi connectivity index (χ1v) is 7.37. The van der Waals surface area contributed by atoms with Gasteiger partial charge in [0, 0.05) is 17.1 Å². The molecule has 21 heavy (non-hydrogen) atoms. The van der Waals surface area contributed by atoms with E-state index in [1.165, 1.54) is 11.8 Å².